The van der Waals surface area contributed by atoms with Crippen molar-refractivity contribution >= 4 is 11.0 Å². The van der Waals surface area contributed by atoms with E-state index >= 15 is 0 Å². The standard InChI is InChI=1S/C16H22N4O/c1-9-13-14-11(16(21)18-15(13)20(2)19-9)7-4-8-12(14)17-10-5-3-6-10/h10,12,17H,3-8H2,1-2H3,(H,18,21). The van der Waals surface area contributed by atoms with Crippen LogP contribution < -0.4 is 10.9 Å². The van der Waals surface area contributed by atoms with Gasteiger partial charge in [0.25, 0.3) is 5.56 Å². The van der Waals surface area contributed by atoms with Gasteiger partial charge in [0.05, 0.1) is 5.69 Å². The van der Waals surface area contributed by atoms with E-state index in [0.29, 0.717) is 12.1 Å². The summed E-state index contributed by atoms with van der Waals surface area (Å²) in [6.45, 7) is 2.04. The molecule has 112 valence electrons. The van der Waals surface area contributed by atoms with Crippen molar-refractivity contribution in [1.82, 2.24) is 20.1 Å². The van der Waals surface area contributed by atoms with Crippen LogP contribution >= 0.6 is 0 Å². The fourth-order valence-electron chi connectivity index (χ4n) is 3.87. The van der Waals surface area contributed by atoms with Gasteiger partial charge in [-0.05, 0) is 44.6 Å². The number of fused-ring (bicyclic) bond motifs is 3. The number of hydrogen-bond donors (Lipinski definition) is 2. The maximum Gasteiger partial charge on any atom is 0.253 e. The highest BCUT2D eigenvalue weighted by atomic mass is 16.1. The maximum absolute atomic E-state index is 12.4. The number of rotatable bonds is 2. The van der Waals surface area contributed by atoms with Crippen LogP contribution in [0.2, 0.25) is 0 Å². The summed E-state index contributed by atoms with van der Waals surface area (Å²) >= 11 is 0. The number of aryl methyl sites for hydroxylation is 2. The average molecular weight is 286 g/mol. The van der Waals surface area contributed by atoms with E-state index in [1.54, 1.807) is 4.68 Å². The van der Waals surface area contributed by atoms with Crippen molar-refractivity contribution in [1.29, 1.82) is 0 Å². The SMILES string of the molecule is Cc1nn(C)c2[nH]c(=O)c3c(c12)C(NC1CCC1)CCC3. The molecule has 0 amide bonds. The predicted octanol–water partition coefficient (Wildman–Crippen LogP) is 2.09. The zero-order valence-corrected chi connectivity index (χ0v) is 12.7. The lowest BCUT2D eigenvalue weighted by molar-refractivity contribution is 0.291. The second kappa shape index (κ2) is 4.70. The van der Waals surface area contributed by atoms with E-state index in [2.05, 4.69) is 15.4 Å². The number of hydrogen-bond acceptors (Lipinski definition) is 3. The van der Waals surface area contributed by atoms with Crippen LogP contribution in [-0.2, 0) is 13.5 Å². The third-order valence-electron chi connectivity index (χ3n) is 5.13. The van der Waals surface area contributed by atoms with Crippen molar-refractivity contribution in [3.05, 3.63) is 27.2 Å². The molecule has 2 N–H and O–H groups in total. The summed E-state index contributed by atoms with van der Waals surface area (Å²) in [5.74, 6) is 0. The van der Waals surface area contributed by atoms with Gasteiger partial charge in [-0.15, -0.1) is 0 Å². The third kappa shape index (κ3) is 1.94. The van der Waals surface area contributed by atoms with E-state index in [1.807, 2.05) is 14.0 Å². The first kappa shape index (κ1) is 13.1. The lowest BCUT2D eigenvalue weighted by Gasteiger charge is -2.34. The van der Waals surface area contributed by atoms with Crippen LogP contribution in [0.1, 0.15) is 55.0 Å². The van der Waals surface area contributed by atoms with E-state index < -0.39 is 0 Å². The summed E-state index contributed by atoms with van der Waals surface area (Å²) in [5.41, 5.74) is 4.14. The van der Waals surface area contributed by atoms with Crippen molar-refractivity contribution < 1.29 is 0 Å². The normalized spacial score (nSPS) is 22.3. The smallest absolute Gasteiger partial charge is 0.253 e. The molecule has 2 aliphatic carbocycles. The molecule has 2 aliphatic rings. The van der Waals surface area contributed by atoms with Gasteiger partial charge in [-0.2, -0.15) is 5.10 Å². The van der Waals surface area contributed by atoms with E-state index in [4.69, 9.17) is 0 Å². The first-order valence-electron chi connectivity index (χ1n) is 7.99. The second-order valence-electron chi connectivity index (χ2n) is 6.52. The Hall–Kier alpha value is -1.62. The molecule has 2 heterocycles. The Kier molecular flexibility index (Phi) is 2.92. The summed E-state index contributed by atoms with van der Waals surface area (Å²) in [4.78, 5) is 15.5. The number of H-pyrrole nitrogens is 1. The van der Waals surface area contributed by atoms with Gasteiger partial charge in [-0.1, -0.05) is 6.42 Å². The van der Waals surface area contributed by atoms with Crippen LogP contribution in [0, 0.1) is 6.92 Å². The molecule has 1 unspecified atom stereocenters. The fourth-order valence-corrected chi connectivity index (χ4v) is 3.87. The molecular formula is C16H22N4O. The Morgan fingerprint density at radius 1 is 1.29 bits per heavy atom. The van der Waals surface area contributed by atoms with Crippen molar-refractivity contribution in [3.63, 3.8) is 0 Å². The van der Waals surface area contributed by atoms with E-state index in [-0.39, 0.29) is 5.56 Å². The molecule has 0 saturated heterocycles. The minimum absolute atomic E-state index is 0.0700. The van der Waals surface area contributed by atoms with Gasteiger partial charge in [-0.25, -0.2) is 0 Å². The summed E-state index contributed by atoms with van der Waals surface area (Å²) in [6, 6.07) is 0.944. The van der Waals surface area contributed by atoms with Gasteiger partial charge in [0.1, 0.15) is 5.65 Å². The van der Waals surface area contributed by atoms with Crippen molar-refractivity contribution in [2.75, 3.05) is 0 Å². The van der Waals surface area contributed by atoms with Gasteiger partial charge in [0, 0.05) is 30.1 Å². The van der Waals surface area contributed by atoms with Gasteiger partial charge < -0.3 is 10.3 Å². The monoisotopic (exact) mass is 286 g/mol. The van der Waals surface area contributed by atoms with Gasteiger partial charge in [-0.3, -0.25) is 9.48 Å². The molecular weight excluding hydrogens is 264 g/mol. The van der Waals surface area contributed by atoms with Crippen molar-refractivity contribution in [2.24, 2.45) is 7.05 Å². The van der Waals surface area contributed by atoms with Crippen LogP contribution in [0.4, 0.5) is 0 Å². The molecule has 5 nitrogen and oxygen atoms in total. The lowest BCUT2D eigenvalue weighted by Crippen LogP contribution is -2.40. The van der Waals surface area contributed by atoms with Gasteiger partial charge >= 0.3 is 0 Å². The Morgan fingerprint density at radius 3 is 2.81 bits per heavy atom. The molecule has 0 aliphatic heterocycles. The van der Waals surface area contributed by atoms with Crippen molar-refractivity contribution in [3.8, 4) is 0 Å². The highest BCUT2D eigenvalue weighted by Gasteiger charge is 2.30. The fraction of sp³-hybridized carbons (Fsp3) is 0.625. The lowest BCUT2D eigenvalue weighted by atomic mass is 9.84. The summed E-state index contributed by atoms with van der Waals surface area (Å²) < 4.78 is 1.79. The molecule has 2 aromatic rings. The van der Waals surface area contributed by atoms with Crippen LogP contribution in [-0.4, -0.2) is 20.8 Å². The van der Waals surface area contributed by atoms with E-state index in [9.17, 15) is 4.79 Å². The minimum atomic E-state index is 0.0700. The summed E-state index contributed by atoms with van der Waals surface area (Å²) in [5, 5.41) is 9.44. The van der Waals surface area contributed by atoms with Crippen molar-refractivity contribution in [2.45, 2.75) is 57.5 Å². The van der Waals surface area contributed by atoms with E-state index in [0.717, 1.165) is 41.6 Å². The molecule has 1 atom stereocenters. The molecule has 1 saturated carbocycles. The van der Waals surface area contributed by atoms with Gasteiger partial charge in [0.15, 0.2) is 0 Å². The summed E-state index contributed by atoms with van der Waals surface area (Å²) in [6.07, 6.45) is 6.96. The van der Waals surface area contributed by atoms with Gasteiger partial charge in [0.2, 0.25) is 0 Å². The number of nitrogens with zero attached hydrogens (tertiary/aromatic N) is 2. The molecule has 2 aromatic heterocycles. The van der Waals surface area contributed by atoms with E-state index in [1.165, 1.54) is 24.8 Å². The third-order valence-corrected chi connectivity index (χ3v) is 5.13. The first-order valence-corrected chi connectivity index (χ1v) is 7.99. The zero-order chi connectivity index (χ0) is 14.6. The first-order chi connectivity index (χ1) is 10.1. The Morgan fingerprint density at radius 2 is 2.10 bits per heavy atom. The Labute approximate surface area is 123 Å². The highest BCUT2D eigenvalue weighted by Crippen LogP contribution is 2.36. The molecule has 0 spiro atoms. The number of aromatic amines is 1. The van der Waals surface area contributed by atoms with Crippen LogP contribution in [0.25, 0.3) is 11.0 Å². The Balaban J connectivity index is 1.92. The second-order valence-corrected chi connectivity index (χ2v) is 6.52. The topological polar surface area (TPSA) is 62.7 Å². The molecule has 0 bridgehead atoms. The molecule has 1 fully saturated rings. The highest BCUT2D eigenvalue weighted by molar-refractivity contribution is 5.83. The quantitative estimate of drug-likeness (QED) is 0.888. The molecule has 4 rings (SSSR count). The molecule has 21 heavy (non-hydrogen) atoms. The largest absolute Gasteiger partial charge is 0.307 e. The zero-order valence-electron chi connectivity index (χ0n) is 12.7. The molecule has 0 aromatic carbocycles. The van der Waals surface area contributed by atoms with Crippen LogP contribution in [0.15, 0.2) is 4.79 Å². The number of aromatic nitrogens is 3. The number of nitrogens with one attached hydrogen (secondary N) is 2. The Bertz CT molecular complexity index is 754. The maximum atomic E-state index is 12.4. The van der Waals surface area contributed by atoms with Crippen LogP contribution in [0.5, 0.6) is 0 Å². The van der Waals surface area contributed by atoms with Crippen LogP contribution in [0.3, 0.4) is 0 Å². The molecule has 0 radical (unpaired) electrons. The average Bonchev–Trinajstić information content (AvgIpc) is 2.69. The predicted molar refractivity (Wildman–Crippen MR) is 82.5 cm³/mol. The summed E-state index contributed by atoms with van der Waals surface area (Å²) in [7, 11) is 1.90. The number of pyridine rings is 1. The minimum Gasteiger partial charge on any atom is -0.307 e. The molecule has 5 heteroatoms.